The normalized spacial score (nSPS) is 40.3. The Kier molecular flexibility index (Phi) is 2.38. The lowest BCUT2D eigenvalue weighted by Crippen LogP contribution is -2.32. The van der Waals surface area contributed by atoms with Gasteiger partial charge in [0.05, 0.1) is 5.75 Å². The van der Waals surface area contributed by atoms with E-state index in [0.717, 1.165) is 12.2 Å². The van der Waals surface area contributed by atoms with Crippen molar-refractivity contribution in [1.29, 1.82) is 0 Å². The first-order valence-corrected chi connectivity index (χ1v) is 7.70. The van der Waals surface area contributed by atoms with Crippen molar-refractivity contribution in [1.82, 2.24) is 0 Å². The van der Waals surface area contributed by atoms with Crippen LogP contribution in [0.4, 0.5) is 0 Å². The summed E-state index contributed by atoms with van der Waals surface area (Å²) in [5, 5.41) is 0. The van der Waals surface area contributed by atoms with Crippen LogP contribution in [-0.2, 0) is 8.87 Å². The van der Waals surface area contributed by atoms with Gasteiger partial charge in [0.15, 0.2) is 0 Å². The van der Waals surface area contributed by atoms with E-state index in [9.17, 15) is 8.42 Å². The van der Waals surface area contributed by atoms with Gasteiger partial charge < -0.3 is 0 Å². The largest absolute Gasteiger partial charge is 0.217 e. The lowest BCUT2D eigenvalue weighted by Gasteiger charge is -2.34. The zero-order valence-electron chi connectivity index (χ0n) is 7.03. The molecule has 1 saturated carbocycles. The van der Waals surface area contributed by atoms with E-state index < -0.39 is 8.87 Å². The zero-order chi connectivity index (χ0) is 8.60. The van der Waals surface area contributed by atoms with Gasteiger partial charge in [0.2, 0.25) is 8.87 Å². The third-order valence-electron chi connectivity index (χ3n) is 2.95. The molecule has 1 aliphatic carbocycles. The van der Waals surface area contributed by atoms with Crippen molar-refractivity contribution in [3.8, 4) is 0 Å². The Labute approximate surface area is 77.4 Å². The Balaban J connectivity index is 2.08. The molecule has 0 aromatic rings. The average molecular weight is 206 g/mol. The smallest absolute Gasteiger partial charge is 0.201 e. The second-order valence-corrected chi connectivity index (χ2v) is 8.06. The standard InChI is InChI=1S/C8H14O2S2/c9-12(10)6-8-4-2-1-3-7(8)5-11-12/h7-8H,1-6H2. The highest BCUT2D eigenvalue weighted by Gasteiger charge is 2.34. The topological polar surface area (TPSA) is 34.1 Å². The van der Waals surface area contributed by atoms with Crippen LogP contribution in [0.1, 0.15) is 25.7 Å². The van der Waals surface area contributed by atoms with Crippen LogP contribution in [-0.4, -0.2) is 19.9 Å². The van der Waals surface area contributed by atoms with E-state index in [1.165, 1.54) is 30.1 Å². The van der Waals surface area contributed by atoms with E-state index in [1.807, 2.05) is 0 Å². The maximum atomic E-state index is 11.3. The fourth-order valence-corrected chi connectivity index (χ4v) is 6.06. The third kappa shape index (κ3) is 1.79. The molecule has 2 rings (SSSR count). The fraction of sp³-hybridized carbons (Fsp3) is 1.00. The minimum atomic E-state index is -2.74. The summed E-state index contributed by atoms with van der Waals surface area (Å²) < 4.78 is 22.5. The first-order chi connectivity index (χ1) is 5.67. The molecule has 2 atom stereocenters. The maximum absolute atomic E-state index is 11.3. The van der Waals surface area contributed by atoms with E-state index in [-0.39, 0.29) is 0 Å². The molecule has 0 radical (unpaired) electrons. The zero-order valence-corrected chi connectivity index (χ0v) is 8.66. The quantitative estimate of drug-likeness (QED) is 0.567. The van der Waals surface area contributed by atoms with Crippen LogP contribution < -0.4 is 0 Å². The van der Waals surface area contributed by atoms with Crippen molar-refractivity contribution in [2.75, 3.05) is 11.5 Å². The Morgan fingerprint density at radius 3 is 2.50 bits per heavy atom. The molecule has 12 heavy (non-hydrogen) atoms. The first kappa shape index (κ1) is 8.88. The van der Waals surface area contributed by atoms with Gasteiger partial charge in [0.1, 0.15) is 0 Å². The summed E-state index contributed by atoms with van der Waals surface area (Å²) in [6.45, 7) is 0. The highest BCUT2D eigenvalue weighted by Crippen LogP contribution is 2.39. The average Bonchev–Trinajstić information content (AvgIpc) is 2.02. The molecule has 1 saturated heterocycles. The first-order valence-electron chi connectivity index (χ1n) is 4.54. The van der Waals surface area contributed by atoms with Crippen LogP contribution in [0.5, 0.6) is 0 Å². The van der Waals surface area contributed by atoms with Crippen LogP contribution in [0.25, 0.3) is 0 Å². The third-order valence-corrected chi connectivity index (χ3v) is 6.60. The molecule has 2 unspecified atom stereocenters. The highest BCUT2D eigenvalue weighted by molar-refractivity contribution is 8.72. The molecule has 0 amide bonds. The fourth-order valence-electron chi connectivity index (χ4n) is 2.22. The van der Waals surface area contributed by atoms with E-state index in [4.69, 9.17) is 0 Å². The van der Waals surface area contributed by atoms with Crippen LogP contribution in [0.3, 0.4) is 0 Å². The molecule has 2 fully saturated rings. The van der Waals surface area contributed by atoms with Gasteiger partial charge in [-0.1, -0.05) is 12.8 Å². The summed E-state index contributed by atoms with van der Waals surface area (Å²) in [6.07, 6.45) is 4.95. The Bertz CT molecular complexity index is 258. The highest BCUT2D eigenvalue weighted by atomic mass is 33.1. The van der Waals surface area contributed by atoms with E-state index in [0.29, 0.717) is 17.6 Å². The van der Waals surface area contributed by atoms with Gasteiger partial charge in [-0.25, -0.2) is 8.42 Å². The second kappa shape index (κ2) is 3.22. The van der Waals surface area contributed by atoms with Crippen molar-refractivity contribution in [2.24, 2.45) is 11.8 Å². The molecule has 2 nitrogen and oxygen atoms in total. The van der Waals surface area contributed by atoms with Gasteiger partial charge in [-0.15, -0.1) is 0 Å². The van der Waals surface area contributed by atoms with Crippen molar-refractivity contribution < 1.29 is 8.42 Å². The minimum Gasteiger partial charge on any atom is -0.217 e. The van der Waals surface area contributed by atoms with E-state index in [2.05, 4.69) is 0 Å². The lowest BCUT2D eigenvalue weighted by molar-refractivity contribution is 0.282. The number of rotatable bonds is 0. The maximum Gasteiger partial charge on any atom is 0.201 e. The Morgan fingerprint density at radius 2 is 1.75 bits per heavy atom. The molecule has 70 valence electrons. The summed E-state index contributed by atoms with van der Waals surface area (Å²) in [6, 6.07) is 0. The molecule has 2 aliphatic rings. The summed E-state index contributed by atoms with van der Waals surface area (Å²) in [4.78, 5) is 0. The summed E-state index contributed by atoms with van der Waals surface area (Å²) >= 11 is 0. The minimum absolute atomic E-state index is 0.447. The van der Waals surface area contributed by atoms with Gasteiger partial charge in [-0.2, -0.15) is 0 Å². The van der Waals surface area contributed by atoms with Gasteiger partial charge in [-0.3, -0.25) is 0 Å². The van der Waals surface area contributed by atoms with Crippen LogP contribution in [0.15, 0.2) is 0 Å². The Hall–Kier alpha value is 0.300. The SMILES string of the molecule is O=S1(=O)CC2CCCCC2CS1. The summed E-state index contributed by atoms with van der Waals surface area (Å²) in [7, 11) is -1.56. The van der Waals surface area contributed by atoms with Crippen LogP contribution >= 0.6 is 10.8 Å². The van der Waals surface area contributed by atoms with Gasteiger partial charge in [0.25, 0.3) is 0 Å². The van der Waals surface area contributed by atoms with E-state index >= 15 is 0 Å². The molecule has 1 aliphatic heterocycles. The Morgan fingerprint density at radius 1 is 1.08 bits per heavy atom. The molecule has 4 heteroatoms. The van der Waals surface area contributed by atoms with Gasteiger partial charge >= 0.3 is 0 Å². The number of hydrogen-bond acceptors (Lipinski definition) is 3. The second-order valence-electron chi connectivity index (χ2n) is 3.81. The molecule has 0 aromatic heterocycles. The van der Waals surface area contributed by atoms with Crippen molar-refractivity contribution in [2.45, 2.75) is 25.7 Å². The van der Waals surface area contributed by atoms with Crippen molar-refractivity contribution in [3.05, 3.63) is 0 Å². The molecule has 0 bridgehead atoms. The van der Waals surface area contributed by atoms with Crippen LogP contribution in [0.2, 0.25) is 0 Å². The molecular formula is C8H14O2S2. The summed E-state index contributed by atoms with van der Waals surface area (Å²) in [5.41, 5.74) is 0. The van der Waals surface area contributed by atoms with Gasteiger partial charge in [-0.05, 0) is 35.5 Å². The number of hydrogen-bond donors (Lipinski definition) is 0. The molecule has 0 N–H and O–H groups in total. The summed E-state index contributed by atoms with van der Waals surface area (Å²) in [5.74, 6) is 2.49. The molecular weight excluding hydrogens is 192 g/mol. The molecule has 0 spiro atoms. The monoisotopic (exact) mass is 206 g/mol. The predicted octanol–water partition coefficient (Wildman–Crippen LogP) is 1.87. The van der Waals surface area contributed by atoms with Crippen molar-refractivity contribution in [3.63, 3.8) is 0 Å². The predicted molar refractivity (Wildman–Crippen MR) is 51.7 cm³/mol. The van der Waals surface area contributed by atoms with Crippen LogP contribution in [0, 0.1) is 11.8 Å². The molecule has 0 aromatic carbocycles. The van der Waals surface area contributed by atoms with E-state index in [1.54, 1.807) is 0 Å². The number of fused-ring (bicyclic) bond motifs is 1. The van der Waals surface area contributed by atoms with Gasteiger partial charge in [0, 0.05) is 5.75 Å². The van der Waals surface area contributed by atoms with Crippen molar-refractivity contribution >= 4 is 19.7 Å². The lowest BCUT2D eigenvalue weighted by atomic mass is 9.81. The molecule has 1 heterocycles.